The van der Waals surface area contributed by atoms with Crippen LogP contribution in [0.4, 0.5) is 0 Å². The number of hydrogen-bond acceptors (Lipinski definition) is 17. The second-order valence-corrected chi connectivity index (χ2v) is 27.6. The molecule has 0 aliphatic carbocycles. The molecular formula is C94H100Cl2Ir2N8O7S3-6. The molecule has 116 heavy (non-hydrogen) atoms. The minimum atomic E-state index is -0.139. The summed E-state index contributed by atoms with van der Waals surface area (Å²) >= 11 is 6.13. The quantitative estimate of drug-likeness (QED) is 0.0173. The maximum atomic E-state index is 10.9. The van der Waals surface area contributed by atoms with Crippen LogP contribution in [0.1, 0.15) is 111 Å². The van der Waals surface area contributed by atoms with Crippen molar-refractivity contribution in [1.82, 2.24) is 39.9 Å². The van der Waals surface area contributed by atoms with Gasteiger partial charge in [0.05, 0.1) is 49.2 Å². The van der Waals surface area contributed by atoms with Crippen molar-refractivity contribution in [3.8, 4) is 90.8 Å². The van der Waals surface area contributed by atoms with E-state index >= 15 is 0 Å². The van der Waals surface area contributed by atoms with Crippen LogP contribution < -0.4 is 43.8 Å². The third-order valence-corrected chi connectivity index (χ3v) is 17.2. The van der Waals surface area contributed by atoms with Crippen LogP contribution in [0.5, 0.6) is 23.0 Å². The number of thioether (sulfide) groups is 2. The molecule has 2 radical (unpaired) electrons. The number of nitrogens with zero attached hydrogens (tertiary/aromatic N) is 8. The molecule has 12 rings (SSSR count). The van der Waals surface area contributed by atoms with Gasteiger partial charge in [-0.3, -0.25) is 34.3 Å². The van der Waals surface area contributed by atoms with E-state index in [1.165, 1.54) is 30.4 Å². The summed E-state index contributed by atoms with van der Waals surface area (Å²) < 4.78 is 23.4. The number of pyridine rings is 8. The normalized spacial score (nSPS) is 9.69. The van der Waals surface area contributed by atoms with E-state index in [-0.39, 0.29) is 80.4 Å². The van der Waals surface area contributed by atoms with Crippen LogP contribution in [-0.2, 0) is 54.6 Å². The molecule has 0 N–H and O–H groups in total. The predicted octanol–water partition coefficient (Wildman–Crippen LogP) is 16.9. The van der Waals surface area contributed by atoms with Crippen molar-refractivity contribution >= 4 is 51.5 Å². The van der Waals surface area contributed by atoms with Gasteiger partial charge in [0.25, 0.3) is 0 Å². The number of aromatic nitrogens is 8. The van der Waals surface area contributed by atoms with Crippen molar-refractivity contribution in [2.75, 3.05) is 37.9 Å². The number of thiol groups is 1. The maximum absolute atomic E-state index is 10.9. The van der Waals surface area contributed by atoms with E-state index in [9.17, 15) is 14.4 Å². The molecule has 12 aromatic rings. The van der Waals surface area contributed by atoms with E-state index < -0.39 is 0 Å². The summed E-state index contributed by atoms with van der Waals surface area (Å²) in [5, 5.41) is 0.243. The van der Waals surface area contributed by atoms with Crippen LogP contribution >= 0.6 is 36.2 Å². The van der Waals surface area contributed by atoms with Gasteiger partial charge < -0.3 is 63.7 Å². The Morgan fingerprint density at radius 1 is 0.328 bits per heavy atom. The van der Waals surface area contributed by atoms with Crippen molar-refractivity contribution in [1.29, 1.82) is 0 Å². The van der Waals surface area contributed by atoms with Crippen molar-refractivity contribution in [2.24, 2.45) is 0 Å². The van der Waals surface area contributed by atoms with Gasteiger partial charge in [-0.2, -0.15) is 0 Å². The van der Waals surface area contributed by atoms with Crippen molar-refractivity contribution < 1.29 is 98.4 Å². The van der Waals surface area contributed by atoms with Crippen LogP contribution in [0.2, 0.25) is 0 Å². The number of allylic oxidation sites excluding steroid dienone is 2. The molecule has 0 saturated carbocycles. The summed E-state index contributed by atoms with van der Waals surface area (Å²) in [5.74, 6) is 5.00. The van der Waals surface area contributed by atoms with Crippen LogP contribution in [-0.4, -0.2) is 93.2 Å². The van der Waals surface area contributed by atoms with E-state index in [2.05, 4.69) is 89.9 Å². The molecule has 0 aliphatic rings. The van der Waals surface area contributed by atoms with Crippen molar-refractivity contribution in [3.63, 3.8) is 0 Å². The molecule has 0 aliphatic heterocycles. The van der Waals surface area contributed by atoms with Gasteiger partial charge in [0.2, 0.25) is 0 Å². The largest absolute Gasteiger partial charge is 1.00 e. The van der Waals surface area contributed by atoms with Crippen LogP contribution in [0.25, 0.3) is 67.8 Å². The molecule has 8 heterocycles. The summed E-state index contributed by atoms with van der Waals surface area (Å²) in [7, 11) is 0. The minimum Gasteiger partial charge on any atom is -1.00 e. The van der Waals surface area contributed by atoms with Gasteiger partial charge >= 0.3 is 0 Å². The molecule has 0 unspecified atom stereocenters. The molecule has 0 amide bonds. The third-order valence-electron chi connectivity index (χ3n) is 15.4. The van der Waals surface area contributed by atoms with Crippen molar-refractivity contribution in [2.45, 2.75) is 111 Å². The number of hydrogen-bond donors (Lipinski definition) is 1. The van der Waals surface area contributed by atoms with E-state index in [0.29, 0.717) is 26.4 Å². The Hall–Kier alpha value is -9.30. The molecule has 0 bridgehead atoms. The molecule has 0 saturated heterocycles. The monoisotopic (exact) mass is 2000 g/mol. The fraction of sp³-hybridized carbons (Fsp3) is 0.245. The smallest absolute Gasteiger partial charge is 0.185 e. The first-order valence-electron chi connectivity index (χ1n) is 37.5. The second-order valence-electron chi connectivity index (χ2n) is 24.5. The Morgan fingerprint density at radius 3 is 0.776 bits per heavy atom. The first-order chi connectivity index (χ1) is 55.0. The van der Waals surface area contributed by atoms with Crippen molar-refractivity contribution in [3.05, 3.63) is 318 Å². The number of carbonyl (C=O) groups is 3. The number of halogens is 2. The average Bonchev–Trinajstić information content (AvgIpc) is 0.798. The van der Waals surface area contributed by atoms with Crippen LogP contribution in [0.3, 0.4) is 0 Å². The average molecular weight is 2010 g/mol. The zero-order valence-corrected chi connectivity index (χ0v) is 74.6. The molecule has 8 aromatic heterocycles. The van der Waals surface area contributed by atoms with Gasteiger partial charge in [0.15, 0.2) is 15.3 Å². The van der Waals surface area contributed by atoms with E-state index in [0.717, 1.165) is 192 Å². The minimum absolute atomic E-state index is 0. The number of unbranched alkanes of at least 4 members (excludes halogenated alkanes) is 10. The van der Waals surface area contributed by atoms with E-state index in [1.807, 2.05) is 231 Å². The Kier molecular flexibility index (Phi) is 59.2. The molecule has 22 heteroatoms. The first kappa shape index (κ1) is 103. The van der Waals surface area contributed by atoms with E-state index in [4.69, 9.17) is 18.9 Å². The number of carbonyl (C=O) groups excluding carboxylic acids is 3. The SMILES string of the molecule is C=CCCCCOc1ccnc(-c2cc(OCCCCC=C)ccn2)c1.CC(=O)S.CC(=O)SCCCCCCOc1ccnc(-c2cc(OCCCCCCSC(C)=O)ccn2)c1.[Cl-].[Cl-].[Ir].[Ir].[c-]1ccccc1-c1ccccn1.[c-]1ccccc1-c1ccccn1.[c-]1ccccc1-c1ccccn1.[c-]1ccccc1-c1ccccn1. The summed E-state index contributed by atoms with van der Waals surface area (Å²) in [6.45, 7) is 14.8. The molecule has 15 nitrogen and oxygen atoms in total. The standard InChI is InChI=1S/C26H36N2O4S2.C22H28N2O2.4C11H8N.C2H4OS.2ClH.2Ir/c1-21(29)33-17-9-5-3-7-15-31-23-11-13-27-25(19-23)26-20-24(12-14-28-26)32-16-8-4-6-10-18-34-22(2)30;1-3-5-7-9-15-25-19-11-13-23-21(17-19)22-18-20(12-14-24-22)26-16-10-8-6-4-2;4*1-2-6-10(7-3-1)11-8-4-5-9-12-11;1-2(3)4;;;;/h11-14,19-20H,3-10,15-18H2,1-2H3;3-4,11-14,17-18H,1-2,5-10,15-16H2;4*1-6,8-9H;1H3,(H,3,4);2*1H;;/q;;4*-1;;;;;/p-2. The number of ether oxygens (including phenoxy) is 4. The molecule has 0 fully saturated rings. The van der Waals surface area contributed by atoms with Gasteiger partial charge in [-0.15, -0.1) is 169 Å². The van der Waals surface area contributed by atoms with Gasteiger partial charge in [0, 0.05) is 146 Å². The van der Waals surface area contributed by atoms with Gasteiger partial charge in [-0.1, -0.05) is 110 Å². The fourth-order valence-corrected chi connectivity index (χ4v) is 11.2. The Balaban J connectivity index is 0.000000489. The Morgan fingerprint density at radius 2 is 0.560 bits per heavy atom. The first-order valence-corrected chi connectivity index (χ1v) is 40.0. The fourth-order valence-electron chi connectivity index (χ4n) is 9.95. The summed E-state index contributed by atoms with van der Waals surface area (Å²) in [6.07, 6.45) is 32.8. The van der Waals surface area contributed by atoms with Crippen LogP contribution in [0, 0.1) is 24.3 Å². The van der Waals surface area contributed by atoms with Gasteiger partial charge in [-0.05, 0) is 136 Å². The summed E-state index contributed by atoms with van der Waals surface area (Å²) in [4.78, 5) is 65.7. The third kappa shape index (κ3) is 47.0. The molecule has 614 valence electrons. The molecular weight excluding hydrogens is 1900 g/mol. The van der Waals surface area contributed by atoms with Crippen LogP contribution in [0.15, 0.2) is 293 Å². The van der Waals surface area contributed by atoms with E-state index in [1.54, 1.807) is 63.4 Å². The second kappa shape index (κ2) is 66.8. The zero-order valence-electron chi connectivity index (χ0n) is 65.7. The number of rotatable bonds is 34. The van der Waals surface area contributed by atoms with Gasteiger partial charge in [-0.25, -0.2) is 0 Å². The molecule has 0 atom stereocenters. The summed E-state index contributed by atoms with van der Waals surface area (Å²) in [6, 6.07) is 82.4. The maximum Gasteiger partial charge on any atom is 0.185 e. The molecule has 4 aromatic carbocycles. The zero-order chi connectivity index (χ0) is 79.4. The Bertz CT molecular complexity index is 3920. The molecule has 0 spiro atoms. The van der Waals surface area contributed by atoms with Gasteiger partial charge in [0.1, 0.15) is 23.0 Å². The predicted molar refractivity (Wildman–Crippen MR) is 462 cm³/mol. The topological polar surface area (TPSA) is 191 Å². The number of benzene rings is 4. The Labute approximate surface area is 740 Å². The summed E-state index contributed by atoms with van der Waals surface area (Å²) in [5.41, 5.74) is 11.1.